The fourth-order valence-electron chi connectivity index (χ4n) is 1.43. The molecule has 1 amide bonds. The van der Waals surface area contributed by atoms with Crippen LogP contribution in [0.5, 0.6) is 0 Å². The molecule has 0 aromatic carbocycles. The zero-order chi connectivity index (χ0) is 15.4. The molecule has 0 radical (unpaired) electrons. The third-order valence-corrected chi connectivity index (χ3v) is 3.23. The summed E-state index contributed by atoms with van der Waals surface area (Å²) in [4.78, 5) is 13.4. The highest BCUT2D eigenvalue weighted by Crippen LogP contribution is 2.13. The first-order chi connectivity index (χ1) is 9.07. The van der Waals surface area contributed by atoms with Crippen molar-refractivity contribution in [1.82, 2.24) is 4.90 Å². The van der Waals surface area contributed by atoms with Crippen LogP contribution in [0.15, 0.2) is 22.8 Å². The number of nitrogens with zero attached hydrogens (tertiary/aromatic N) is 1. The highest BCUT2D eigenvalue weighted by Gasteiger charge is 2.23. The van der Waals surface area contributed by atoms with Gasteiger partial charge in [-0.25, -0.2) is 13.2 Å². The average Bonchev–Trinajstić information content (AvgIpc) is 2.72. The van der Waals surface area contributed by atoms with Crippen LogP contribution < -0.4 is 0 Å². The lowest BCUT2D eigenvalue weighted by Gasteiger charge is -2.26. The molecule has 1 aromatic heterocycles. The van der Waals surface area contributed by atoms with Crippen LogP contribution in [0.2, 0.25) is 0 Å². The van der Waals surface area contributed by atoms with Crippen LogP contribution in [-0.2, 0) is 21.1 Å². The predicted molar refractivity (Wildman–Crippen MR) is 75.1 cm³/mol. The standard InChI is InChI=1S/C13H21NO5S/c1-13(2,3)19-12(15)14(7-9-20(4,16)17)10-11-6-5-8-18-11/h5-6,8H,7,9-10H2,1-4H3. The molecule has 0 atom stereocenters. The first-order valence-corrected chi connectivity index (χ1v) is 8.31. The van der Waals surface area contributed by atoms with E-state index in [4.69, 9.17) is 9.15 Å². The first-order valence-electron chi connectivity index (χ1n) is 6.25. The number of hydrogen-bond donors (Lipinski definition) is 0. The number of amides is 1. The largest absolute Gasteiger partial charge is 0.467 e. The number of ether oxygens (including phenoxy) is 1. The van der Waals surface area contributed by atoms with Crippen molar-refractivity contribution in [3.63, 3.8) is 0 Å². The number of sulfone groups is 1. The summed E-state index contributed by atoms with van der Waals surface area (Å²) in [7, 11) is -3.16. The SMILES string of the molecule is CC(C)(C)OC(=O)N(CCS(C)(=O)=O)Cc1ccco1. The van der Waals surface area contributed by atoms with E-state index in [1.807, 2.05) is 0 Å². The van der Waals surface area contributed by atoms with E-state index < -0.39 is 21.5 Å². The van der Waals surface area contributed by atoms with Gasteiger partial charge in [-0.15, -0.1) is 0 Å². The Labute approximate surface area is 119 Å². The summed E-state index contributed by atoms with van der Waals surface area (Å²) in [6.45, 7) is 5.51. The normalized spacial score (nSPS) is 12.2. The molecule has 114 valence electrons. The molecule has 0 spiro atoms. The van der Waals surface area contributed by atoms with E-state index in [0.717, 1.165) is 6.26 Å². The highest BCUT2D eigenvalue weighted by atomic mass is 32.2. The third-order valence-electron chi connectivity index (χ3n) is 2.31. The van der Waals surface area contributed by atoms with Crippen LogP contribution >= 0.6 is 0 Å². The maximum atomic E-state index is 12.1. The lowest BCUT2D eigenvalue weighted by molar-refractivity contribution is 0.0234. The summed E-state index contributed by atoms with van der Waals surface area (Å²) < 4.78 is 32.9. The maximum absolute atomic E-state index is 12.1. The Balaban J connectivity index is 2.75. The lowest BCUT2D eigenvalue weighted by Crippen LogP contribution is -2.38. The number of carbonyl (C=O) groups excluding carboxylic acids is 1. The van der Waals surface area contributed by atoms with Crippen LogP contribution in [0, 0.1) is 0 Å². The zero-order valence-corrected chi connectivity index (χ0v) is 13.1. The van der Waals surface area contributed by atoms with Gasteiger partial charge in [-0.1, -0.05) is 0 Å². The van der Waals surface area contributed by atoms with Crippen molar-refractivity contribution in [3.8, 4) is 0 Å². The first kappa shape index (κ1) is 16.6. The second kappa shape index (κ2) is 6.30. The van der Waals surface area contributed by atoms with Crippen molar-refractivity contribution in [2.45, 2.75) is 32.9 Å². The van der Waals surface area contributed by atoms with Crippen molar-refractivity contribution in [3.05, 3.63) is 24.2 Å². The molecular weight excluding hydrogens is 282 g/mol. The maximum Gasteiger partial charge on any atom is 0.410 e. The Hall–Kier alpha value is -1.50. The van der Waals surface area contributed by atoms with E-state index in [1.165, 1.54) is 11.2 Å². The molecule has 0 aliphatic heterocycles. The van der Waals surface area contributed by atoms with Gasteiger partial charge >= 0.3 is 6.09 Å². The van der Waals surface area contributed by atoms with Crippen LogP contribution in [0.1, 0.15) is 26.5 Å². The summed E-state index contributed by atoms with van der Waals surface area (Å²) >= 11 is 0. The molecule has 0 bridgehead atoms. The summed E-state index contributed by atoms with van der Waals surface area (Å²) in [5, 5.41) is 0. The molecule has 20 heavy (non-hydrogen) atoms. The Morgan fingerprint density at radius 2 is 2.05 bits per heavy atom. The van der Waals surface area contributed by atoms with Crippen molar-refractivity contribution in [2.75, 3.05) is 18.6 Å². The molecule has 7 heteroatoms. The molecule has 1 aromatic rings. The quantitative estimate of drug-likeness (QED) is 0.832. The Morgan fingerprint density at radius 3 is 2.50 bits per heavy atom. The predicted octanol–water partition coefficient (Wildman–Crippen LogP) is 2.06. The number of furan rings is 1. The summed E-state index contributed by atoms with van der Waals surface area (Å²) in [6.07, 6.45) is 2.07. The summed E-state index contributed by atoms with van der Waals surface area (Å²) in [5.74, 6) is 0.455. The lowest BCUT2D eigenvalue weighted by atomic mass is 10.2. The monoisotopic (exact) mass is 303 g/mol. The molecule has 1 heterocycles. The minimum atomic E-state index is -3.16. The van der Waals surface area contributed by atoms with Crippen LogP contribution in [-0.4, -0.2) is 43.6 Å². The summed E-state index contributed by atoms with van der Waals surface area (Å²) in [5.41, 5.74) is -0.635. The molecule has 0 N–H and O–H groups in total. The van der Waals surface area contributed by atoms with E-state index in [9.17, 15) is 13.2 Å². The van der Waals surface area contributed by atoms with E-state index >= 15 is 0 Å². The van der Waals surface area contributed by atoms with Crippen LogP contribution in [0.25, 0.3) is 0 Å². The molecular formula is C13H21NO5S. The minimum absolute atomic E-state index is 0.0639. The Bertz CT molecular complexity index is 528. The average molecular weight is 303 g/mol. The minimum Gasteiger partial charge on any atom is -0.467 e. The molecule has 1 rings (SSSR count). The highest BCUT2D eigenvalue weighted by molar-refractivity contribution is 7.90. The fourth-order valence-corrected chi connectivity index (χ4v) is 1.98. The number of carbonyl (C=O) groups is 1. The van der Waals surface area contributed by atoms with E-state index in [-0.39, 0.29) is 18.8 Å². The van der Waals surface area contributed by atoms with Crippen molar-refractivity contribution >= 4 is 15.9 Å². The molecule has 6 nitrogen and oxygen atoms in total. The van der Waals surface area contributed by atoms with Crippen molar-refractivity contribution < 1.29 is 22.4 Å². The van der Waals surface area contributed by atoms with Gasteiger partial charge in [0.25, 0.3) is 0 Å². The molecule has 0 unspecified atom stereocenters. The molecule has 0 saturated carbocycles. The summed E-state index contributed by atoms with van der Waals surface area (Å²) in [6, 6.07) is 3.43. The number of hydrogen-bond acceptors (Lipinski definition) is 5. The van der Waals surface area contributed by atoms with Gasteiger partial charge in [-0.05, 0) is 32.9 Å². The van der Waals surface area contributed by atoms with Crippen molar-refractivity contribution in [2.24, 2.45) is 0 Å². The van der Waals surface area contributed by atoms with E-state index in [2.05, 4.69) is 0 Å². The van der Waals surface area contributed by atoms with Gasteiger partial charge in [0.2, 0.25) is 0 Å². The number of rotatable bonds is 5. The fraction of sp³-hybridized carbons (Fsp3) is 0.615. The smallest absolute Gasteiger partial charge is 0.410 e. The van der Waals surface area contributed by atoms with Crippen molar-refractivity contribution in [1.29, 1.82) is 0 Å². The van der Waals surface area contributed by atoms with Gasteiger partial charge in [0.1, 0.15) is 21.2 Å². The van der Waals surface area contributed by atoms with Crippen LogP contribution in [0.4, 0.5) is 4.79 Å². The van der Waals surface area contributed by atoms with Crippen LogP contribution in [0.3, 0.4) is 0 Å². The second-order valence-corrected chi connectivity index (χ2v) is 7.87. The van der Waals surface area contributed by atoms with Gasteiger partial charge in [0.15, 0.2) is 0 Å². The van der Waals surface area contributed by atoms with Gasteiger partial charge in [-0.3, -0.25) is 4.90 Å². The zero-order valence-electron chi connectivity index (χ0n) is 12.3. The molecule has 0 aliphatic rings. The van der Waals surface area contributed by atoms with E-state index in [1.54, 1.807) is 32.9 Å². The molecule has 0 saturated heterocycles. The van der Waals surface area contributed by atoms with Gasteiger partial charge < -0.3 is 9.15 Å². The second-order valence-electron chi connectivity index (χ2n) is 5.61. The Morgan fingerprint density at radius 1 is 1.40 bits per heavy atom. The molecule has 0 aliphatic carbocycles. The van der Waals surface area contributed by atoms with Gasteiger partial charge in [-0.2, -0.15) is 0 Å². The molecule has 0 fully saturated rings. The van der Waals surface area contributed by atoms with Gasteiger partial charge in [0.05, 0.1) is 18.6 Å². The third kappa shape index (κ3) is 6.60. The Kier molecular flexibility index (Phi) is 5.21. The topological polar surface area (TPSA) is 76.8 Å². The van der Waals surface area contributed by atoms with E-state index in [0.29, 0.717) is 5.76 Å². The van der Waals surface area contributed by atoms with Gasteiger partial charge in [0, 0.05) is 12.8 Å².